The van der Waals surface area contributed by atoms with Crippen molar-refractivity contribution >= 4 is 23.0 Å². The second-order valence-corrected chi connectivity index (χ2v) is 6.07. The summed E-state index contributed by atoms with van der Waals surface area (Å²) in [6.07, 6.45) is 2.27. The van der Waals surface area contributed by atoms with Gasteiger partial charge in [-0.3, -0.25) is 9.69 Å². The van der Waals surface area contributed by atoms with Crippen LogP contribution in [0.15, 0.2) is 28.7 Å². The molecule has 4 rings (SSSR count). The third-order valence-electron chi connectivity index (χ3n) is 4.24. The van der Waals surface area contributed by atoms with Crippen molar-refractivity contribution < 1.29 is 9.21 Å². The van der Waals surface area contributed by atoms with E-state index in [1.165, 1.54) is 0 Å². The van der Waals surface area contributed by atoms with Crippen LogP contribution in [0.4, 0.5) is 6.01 Å². The maximum atomic E-state index is 11.8. The summed E-state index contributed by atoms with van der Waals surface area (Å²) < 4.78 is 5.80. The summed E-state index contributed by atoms with van der Waals surface area (Å²) in [6.45, 7) is 3.89. The zero-order valence-corrected chi connectivity index (χ0v) is 12.5. The van der Waals surface area contributed by atoms with Crippen LogP contribution in [-0.4, -0.2) is 54.6 Å². The lowest BCUT2D eigenvalue weighted by Crippen LogP contribution is -2.49. The molecule has 1 N–H and O–H groups in total. The SMILES string of the molecule is O=C(CN1CCN(c2nc3ccccc3o2)CC1)NC1CC1. The van der Waals surface area contributed by atoms with Crippen molar-refractivity contribution in [3.63, 3.8) is 0 Å². The molecule has 0 bridgehead atoms. The molecule has 0 unspecified atom stereocenters. The first kappa shape index (κ1) is 13.6. The largest absolute Gasteiger partial charge is 0.423 e. The van der Waals surface area contributed by atoms with Crippen molar-refractivity contribution in [2.24, 2.45) is 0 Å². The predicted molar refractivity (Wildman–Crippen MR) is 83.8 cm³/mol. The Balaban J connectivity index is 1.33. The van der Waals surface area contributed by atoms with Crippen LogP contribution in [0.1, 0.15) is 12.8 Å². The minimum Gasteiger partial charge on any atom is -0.423 e. The molecule has 1 aliphatic heterocycles. The lowest BCUT2D eigenvalue weighted by Gasteiger charge is -2.33. The molecule has 22 heavy (non-hydrogen) atoms. The van der Waals surface area contributed by atoms with Gasteiger partial charge >= 0.3 is 0 Å². The van der Waals surface area contributed by atoms with Crippen LogP contribution < -0.4 is 10.2 Å². The van der Waals surface area contributed by atoms with E-state index in [1.54, 1.807) is 0 Å². The standard InChI is InChI=1S/C16H20N4O2/c21-15(17-12-5-6-12)11-19-7-9-20(10-8-19)16-18-13-3-1-2-4-14(13)22-16/h1-4,12H,5-11H2,(H,17,21). The van der Waals surface area contributed by atoms with Gasteiger partial charge in [0.2, 0.25) is 5.91 Å². The van der Waals surface area contributed by atoms with E-state index in [1.807, 2.05) is 24.3 Å². The Bertz CT molecular complexity index is 639. The molecule has 0 radical (unpaired) electrons. The summed E-state index contributed by atoms with van der Waals surface area (Å²) in [5.41, 5.74) is 1.72. The molecular formula is C16H20N4O2. The molecule has 1 saturated heterocycles. The molecule has 0 atom stereocenters. The molecule has 0 spiro atoms. The van der Waals surface area contributed by atoms with E-state index in [9.17, 15) is 4.79 Å². The van der Waals surface area contributed by atoms with Crippen LogP contribution in [0, 0.1) is 0 Å². The highest BCUT2D eigenvalue weighted by Gasteiger charge is 2.26. The summed E-state index contributed by atoms with van der Waals surface area (Å²) >= 11 is 0. The van der Waals surface area contributed by atoms with E-state index in [2.05, 4.69) is 20.1 Å². The van der Waals surface area contributed by atoms with Crippen LogP contribution >= 0.6 is 0 Å². The maximum Gasteiger partial charge on any atom is 0.298 e. The molecule has 1 saturated carbocycles. The Hall–Kier alpha value is -2.08. The zero-order valence-electron chi connectivity index (χ0n) is 12.5. The molecule has 2 heterocycles. The van der Waals surface area contributed by atoms with Gasteiger partial charge in [0.15, 0.2) is 5.58 Å². The number of rotatable bonds is 4. The number of para-hydroxylation sites is 2. The van der Waals surface area contributed by atoms with Crippen molar-refractivity contribution in [3.05, 3.63) is 24.3 Å². The molecule has 1 aromatic carbocycles. The number of nitrogens with one attached hydrogen (secondary N) is 1. The fourth-order valence-electron chi connectivity index (χ4n) is 2.80. The number of fused-ring (bicyclic) bond motifs is 1. The lowest BCUT2D eigenvalue weighted by atomic mass is 10.3. The number of oxazole rings is 1. The average Bonchev–Trinajstić information content (AvgIpc) is 3.23. The van der Waals surface area contributed by atoms with Crippen molar-refractivity contribution in [1.82, 2.24) is 15.2 Å². The number of carbonyl (C=O) groups excluding carboxylic acids is 1. The van der Waals surface area contributed by atoms with Crippen LogP contribution in [0.3, 0.4) is 0 Å². The van der Waals surface area contributed by atoms with E-state index in [0.29, 0.717) is 18.6 Å². The van der Waals surface area contributed by atoms with Gasteiger partial charge in [-0.05, 0) is 25.0 Å². The first-order valence-corrected chi connectivity index (χ1v) is 7.90. The van der Waals surface area contributed by atoms with E-state index in [-0.39, 0.29) is 5.91 Å². The number of amides is 1. The van der Waals surface area contributed by atoms with Gasteiger partial charge in [0, 0.05) is 32.2 Å². The van der Waals surface area contributed by atoms with Crippen LogP contribution in [-0.2, 0) is 4.79 Å². The Labute approximate surface area is 129 Å². The highest BCUT2D eigenvalue weighted by atomic mass is 16.4. The minimum absolute atomic E-state index is 0.151. The van der Waals surface area contributed by atoms with Crippen LogP contribution in [0.5, 0.6) is 0 Å². The number of nitrogens with zero attached hydrogens (tertiary/aromatic N) is 3. The Kier molecular flexibility index (Phi) is 3.46. The zero-order chi connectivity index (χ0) is 14.9. The lowest BCUT2D eigenvalue weighted by molar-refractivity contribution is -0.122. The molecule has 2 aliphatic rings. The number of anilines is 1. The van der Waals surface area contributed by atoms with Gasteiger partial charge in [-0.1, -0.05) is 12.1 Å². The highest BCUT2D eigenvalue weighted by Crippen LogP contribution is 2.22. The number of hydrogen-bond acceptors (Lipinski definition) is 5. The molecule has 1 aromatic heterocycles. The summed E-state index contributed by atoms with van der Waals surface area (Å²) in [6, 6.07) is 8.93. The van der Waals surface area contributed by atoms with Crippen molar-refractivity contribution in [2.45, 2.75) is 18.9 Å². The number of benzene rings is 1. The van der Waals surface area contributed by atoms with Crippen molar-refractivity contribution in [3.8, 4) is 0 Å². The first-order valence-electron chi connectivity index (χ1n) is 7.90. The molecule has 1 aliphatic carbocycles. The quantitative estimate of drug-likeness (QED) is 0.920. The first-order chi connectivity index (χ1) is 10.8. The topological polar surface area (TPSA) is 61.6 Å². The summed E-state index contributed by atoms with van der Waals surface area (Å²) in [5, 5.41) is 3.04. The molecule has 2 fully saturated rings. The van der Waals surface area contributed by atoms with Gasteiger partial charge < -0.3 is 14.6 Å². The van der Waals surface area contributed by atoms with E-state index in [4.69, 9.17) is 4.42 Å². The number of carbonyl (C=O) groups is 1. The molecule has 6 nitrogen and oxygen atoms in total. The van der Waals surface area contributed by atoms with E-state index >= 15 is 0 Å². The molecule has 116 valence electrons. The Morgan fingerprint density at radius 2 is 2.00 bits per heavy atom. The molecule has 6 heteroatoms. The maximum absolute atomic E-state index is 11.8. The average molecular weight is 300 g/mol. The molecular weight excluding hydrogens is 280 g/mol. The minimum atomic E-state index is 0.151. The predicted octanol–water partition coefficient (Wildman–Crippen LogP) is 1.23. The van der Waals surface area contributed by atoms with Crippen molar-refractivity contribution in [2.75, 3.05) is 37.6 Å². The second kappa shape index (κ2) is 5.61. The van der Waals surface area contributed by atoms with Gasteiger partial charge in [0.05, 0.1) is 6.54 Å². The monoisotopic (exact) mass is 300 g/mol. The van der Waals surface area contributed by atoms with Crippen LogP contribution in [0.25, 0.3) is 11.1 Å². The number of piperazine rings is 1. The fourth-order valence-corrected chi connectivity index (χ4v) is 2.80. The van der Waals surface area contributed by atoms with Crippen molar-refractivity contribution in [1.29, 1.82) is 0 Å². The smallest absolute Gasteiger partial charge is 0.298 e. The van der Waals surface area contributed by atoms with Gasteiger partial charge in [-0.2, -0.15) is 4.98 Å². The van der Waals surface area contributed by atoms with Gasteiger partial charge in [-0.15, -0.1) is 0 Å². The van der Waals surface area contributed by atoms with Gasteiger partial charge in [0.25, 0.3) is 6.01 Å². The Morgan fingerprint density at radius 1 is 1.23 bits per heavy atom. The molecule has 2 aromatic rings. The number of aromatic nitrogens is 1. The highest BCUT2D eigenvalue weighted by molar-refractivity contribution is 5.78. The van der Waals surface area contributed by atoms with Gasteiger partial charge in [0.1, 0.15) is 5.52 Å². The normalized spacial score (nSPS) is 19.5. The summed E-state index contributed by atoms with van der Waals surface area (Å²) in [7, 11) is 0. The third-order valence-corrected chi connectivity index (χ3v) is 4.24. The fraction of sp³-hybridized carbons (Fsp3) is 0.500. The Morgan fingerprint density at radius 3 is 2.73 bits per heavy atom. The summed E-state index contributed by atoms with van der Waals surface area (Å²) in [5.74, 6) is 0.151. The van der Waals surface area contributed by atoms with E-state index in [0.717, 1.165) is 50.1 Å². The summed E-state index contributed by atoms with van der Waals surface area (Å²) in [4.78, 5) is 20.7. The number of hydrogen-bond donors (Lipinski definition) is 1. The van der Waals surface area contributed by atoms with Crippen LogP contribution in [0.2, 0.25) is 0 Å². The third kappa shape index (κ3) is 2.92. The van der Waals surface area contributed by atoms with E-state index < -0.39 is 0 Å². The second-order valence-electron chi connectivity index (χ2n) is 6.07. The van der Waals surface area contributed by atoms with Gasteiger partial charge in [-0.25, -0.2) is 0 Å². The molecule has 1 amide bonds.